The molecule has 0 spiro atoms. The molecule has 0 aromatic rings. The molecule has 1 saturated heterocycles. The molecule has 1 aliphatic heterocycles. The van der Waals surface area contributed by atoms with E-state index in [9.17, 15) is 9.90 Å². The van der Waals surface area contributed by atoms with Crippen molar-refractivity contribution in [2.45, 2.75) is 70.9 Å². The second kappa shape index (κ2) is 6.92. The van der Waals surface area contributed by atoms with Crippen LogP contribution in [0.4, 0.5) is 0 Å². The van der Waals surface area contributed by atoms with E-state index in [1.54, 1.807) is 6.92 Å². The summed E-state index contributed by atoms with van der Waals surface area (Å²) >= 11 is 0. The van der Waals surface area contributed by atoms with Gasteiger partial charge in [0, 0.05) is 6.08 Å². The Morgan fingerprint density at radius 2 is 2.15 bits per heavy atom. The molecule has 0 bridgehead atoms. The van der Waals surface area contributed by atoms with E-state index in [1.807, 2.05) is 20.8 Å². The zero-order valence-corrected chi connectivity index (χ0v) is 12.7. The highest BCUT2D eigenvalue weighted by molar-refractivity contribution is 5.66. The minimum Gasteiger partial charge on any atom is -0.455 e. The van der Waals surface area contributed by atoms with Crippen molar-refractivity contribution in [1.82, 2.24) is 0 Å². The molecule has 112 valence electrons. The first-order valence-electron chi connectivity index (χ1n) is 7.12. The minimum absolute atomic E-state index is 0.504. The molecule has 4 heteroatoms. The molecule has 3 unspecified atom stereocenters. The summed E-state index contributed by atoms with van der Waals surface area (Å²) < 4.78 is 11.4. The van der Waals surface area contributed by atoms with Gasteiger partial charge < -0.3 is 14.6 Å². The van der Waals surface area contributed by atoms with E-state index in [2.05, 4.69) is 11.8 Å². The maximum absolute atomic E-state index is 10.7. The van der Waals surface area contributed by atoms with Crippen molar-refractivity contribution >= 4 is 6.29 Å². The molecule has 1 N–H and O–H groups in total. The molecule has 20 heavy (non-hydrogen) atoms. The van der Waals surface area contributed by atoms with Crippen molar-refractivity contribution in [3.05, 3.63) is 11.8 Å². The molecule has 1 rings (SSSR count). The van der Waals surface area contributed by atoms with Crippen LogP contribution in [0, 0.1) is 11.8 Å². The van der Waals surface area contributed by atoms with Crippen molar-refractivity contribution in [2.24, 2.45) is 0 Å². The third-order valence-electron chi connectivity index (χ3n) is 3.26. The summed E-state index contributed by atoms with van der Waals surface area (Å²) in [4.78, 5) is 10.7. The molecule has 0 aromatic carbocycles. The van der Waals surface area contributed by atoms with E-state index in [-0.39, 0.29) is 0 Å². The second-order valence-corrected chi connectivity index (χ2v) is 5.51. The third kappa shape index (κ3) is 4.36. The van der Waals surface area contributed by atoms with Crippen LogP contribution in [-0.2, 0) is 14.3 Å². The molecule has 0 aliphatic carbocycles. The zero-order valence-electron chi connectivity index (χ0n) is 12.7. The summed E-state index contributed by atoms with van der Waals surface area (Å²) in [5.41, 5.74) is -1.66. The highest BCUT2D eigenvalue weighted by Gasteiger charge is 2.41. The first-order chi connectivity index (χ1) is 9.37. The number of ether oxygens (including phenoxy) is 2. The van der Waals surface area contributed by atoms with Gasteiger partial charge in [-0.3, -0.25) is 4.79 Å². The Bertz CT molecular complexity index is 427. The number of carbonyl (C=O) groups excluding carboxylic acids is 1. The standard InChI is InChI=1S/C16H24O4/c1-5-9-15(3,18)11-7-14-19-13(8-12-17)16(4,20-14)10-6-2/h8,12,14,18H,5-6,9-10H2,1-4H3/b13-8+. The SMILES string of the molecule is CCCC(C)(O)C#CC1O/C(=C/C=O)C(C)(CCC)O1. The van der Waals surface area contributed by atoms with E-state index < -0.39 is 17.5 Å². The molecule has 0 saturated carbocycles. The van der Waals surface area contributed by atoms with E-state index in [1.165, 1.54) is 6.08 Å². The predicted molar refractivity (Wildman–Crippen MR) is 76.7 cm³/mol. The fourth-order valence-electron chi connectivity index (χ4n) is 2.32. The van der Waals surface area contributed by atoms with E-state index in [0.29, 0.717) is 18.5 Å². The third-order valence-corrected chi connectivity index (χ3v) is 3.26. The lowest BCUT2D eigenvalue weighted by Crippen LogP contribution is -2.26. The molecule has 3 atom stereocenters. The van der Waals surface area contributed by atoms with Gasteiger partial charge >= 0.3 is 0 Å². The van der Waals surface area contributed by atoms with Crippen molar-refractivity contribution in [3.8, 4) is 11.8 Å². The summed E-state index contributed by atoms with van der Waals surface area (Å²) in [7, 11) is 0. The van der Waals surface area contributed by atoms with Gasteiger partial charge in [-0.1, -0.05) is 32.6 Å². The number of hydrogen-bond acceptors (Lipinski definition) is 4. The lowest BCUT2D eigenvalue weighted by atomic mass is 9.98. The summed E-state index contributed by atoms with van der Waals surface area (Å²) in [6.45, 7) is 7.59. The van der Waals surface area contributed by atoms with Gasteiger partial charge in [0.25, 0.3) is 6.29 Å². The number of hydrogen-bond donors (Lipinski definition) is 1. The summed E-state index contributed by atoms with van der Waals surface area (Å²) in [6, 6.07) is 0. The van der Waals surface area contributed by atoms with Crippen LogP contribution in [-0.4, -0.2) is 28.9 Å². The number of aliphatic hydroxyl groups is 1. The lowest BCUT2D eigenvalue weighted by molar-refractivity contribution is -0.104. The fourth-order valence-corrected chi connectivity index (χ4v) is 2.32. The van der Waals surface area contributed by atoms with Crippen LogP contribution in [0.1, 0.15) is 53.4 Å². The van der Waals surface area contributed by atoms with Crippen LogP contribution < -0.4 is 0 Å². The van der Waals surface area contributed by atoms with Gasteiger partial charge in [0.05, 0.1) is 0 Å². The van der Waals surface area contributed by atoms with Gasteiger partial charge in [0.2, 0.25) is 0 Å². The number of carbonyl (C=O) groups is 1. The van der Waals surface area contributed by atoms with Gasteiger partial charge in [-0.05, 0) is 32.6 Å². The van der Waals surface area contributed by atoms with Crippen LogP contribution in [0.25, 0.3) is 0 Å². The van der Waals surface area contributed by atoms with Crippen LogP contribution in [0.3, 0.4) is 0 Å². The van der Waals surface area contributed by atoms with Gasteiger partial charge in [-0.2, -0.15) is 0 Å². The van der Waals surface area contributed by atoms with Crippen LogP contribution in [0.2, 0.25) is 0 Å². The molecular formula is C16H24O4. The molecule has 0 radical (unpaired) electrons. The Morgan fingerprint density at radius 3 is 2.70 bits per heavy atom. The number of allylic oxidation sites excluding steroid dienone is 1. The van der Waals surface area contributed by atoms with Crippen LogP contribution in [0.15, 0.2) is 11.8 Å². The fraction of sp³-hybridized carbons (Fsp3) is 0.688. The molecule has 1 fully saturated rings. The van der Waals surface area contributed by atoms with Gasteiger partial charge in [0.1, 0.15) is 23.2 Å². The second-order valence-electron chi connectivity index (χ2n) is 5.51. The first kappa shape index (κ1) is 16.7. The van der Waals surface area contributed by atoms with E-state index in [4.69, 9.17) is 9.47 Å². The highest BCUT2D eigenvalue weighted by Crippen LogP contribution is 2.36. The van der Waals surface area contributed by atoms with Gasteiger partial charge in [-0.15, -0.1) is 0 Å². The Balaban J connectivity index is 2.85. The zero-order chi connectivity index (χ0) is 15.2. The summed E-state index contributed by atoms with van der Waals surface area (Å²) in [5.74, 6) is 6.10. The van der Waals surface area contributed by atoms with E-state index in [0.717, 1.165) is 19.3 Å². The number of aldehydes is 1. The quantitative estimate of drug-likeness (QED) is 0.478. The molecule has 0 amide bonds. The van der Waals surface area contributed by atoms with Crippen LogP contribution in [0.5, 0.6) is 0 Å². The van der Waals surface area contributed by atoms with Gasteiger partial charge in [0.15, 0.2) is 0 Å². The molecule has 4 nitrogen and oxygen atoms in total. The Morgan fingerprint density at radius 1 is 1.45 bits per heavy atom. The van der Waals surface area contributed by atoms with E-state index >= 15 is 0 Å². The monoisotopic (exact) mass is 280 g/mol. The molecule has 1 heterocycles. The molecule has 1 aliphatic rings. The smallest absolute Gasteiger partial charge is 0.265 e. The summed E-state index contributed by atoms with van der Waals surface area (Å²) in [6.07, 6.45) is 4.42. The van der Waals surface area contributed by atoms with Crippen molar-refractivity contribution < 1.29 is 19.4 Å². The number of rotatable bonds is 5. The highest BCUT2D eigenvalue weighted by atomic mass is 16.7. The minimum atomic E-state index is -1.04. The normalized spacial score (nSPS) is 30.2. The van der Waals surface area contributed by atoms with Crippen LogP contribution >= 0.6 is 0 Å². The Labute approximate surface area is 121 Å². The average molecular weight is 280 g/mol. The predicted octanol–water partition coefficient (Wildman–Crippen LogP) is 2.56. The van der Waals surface area contributed by atoms with Crippen molar-refractivity contribution in [1.29, 1.82) is 0 Å². The maximum Gasteiger partial charge on any atom is 0.265 e. The topological polar surface area (TPSA) is 55.8 Å². The Hall–Kier alpha value is -1.31. The molecular weight excluding hydrogens is 256 g/mol. The van der Waals surface area contributed by atoms with Crippen molar-refractivity contribution in [2.75, 3.05) is 0 Å². The van der Waals surface area contributed by atoms with Gasteiger partial charge in [-0.25, -0.2) is 0 Å². The Kier molecular flexibility index (Phi) is 5.79. The summed E-state index contributed by atoms with van der Waals surface area (Å²) in [5, 5.41) is 10.0. The lowest BCUT2D eigenvalue weighted by Gasteiger charge is -2.20. The maximum atomic E-state index is 10.7. The average Bonchev–Trinajstić information content (AvgIpc) is 2.65. The first-order valence-corrected chi connectivity index (χ1v) is 7.12. The largest absolute Gasteiger partial charge is 0.455 e. The molecule has 0 aromatic heterocycles. The van der Waals surface area contributed by atoms with Crippen molar-refractivity contribution in [3.63, 3.8) is 0 Å².